The first-order valence-electron chi connectivity index (χ1n) is 7.11. The van der Waals surface area contributed by atoms with Gasteiger partial charge in [0.05, 0.1) is 17.9 Å². The zero-order valence-electron chi connectivity index (χ0n) is 12.2. The molecular weight excluding hydrogens is 254 g/mol. The van der Waals surface area contributed by atoms with E-state index < -0.39 is 5.60 Å². The van der Waals surface area contributed by atoms with Crippen molar-refractivity contribution in [3.63, 3.8) is 0 Å². The summed E-state index contributed by atoms with van der Waals surface area (Å²) in [7, 11) is 0. The summed E-state index contributed by atoms with van der Waals surface area (Å²) >= 11 is 0. The molecule has 0 spiro atoms. The van der Waals surface area contributed by atoms with Gasteiger partial charge in [-0.3, -0.25) is 9.88 Å². The highest BCUT2D eigenvalue weighted by Crippen LogP contribution is 2.44. The minimum absolute atomic E-state index is 0.0644. The number of rotatable bonds is 0. The Morgan fingerprint density at radius 3 is 2.90 bits per heavy atom. The summed E-state index contributed by atoms with van der Waals surface area (Å²) < 4.78 is 5.54. The lowest BCUT2D eigenvalue weighted by Gasteiger charge is -2.36. The van der Waals surface area contributed by atoms with Gasteiger partial charge in [-0.2, -0.15) is 0 Å². The zero-order valence-corrected chi connectivity index (χ0v) is 12.2. The Hall–Kier alpha value is -1.78. The van der Waals surface area contributed by atoms with Gasteiger partial charge in [0.2, 0.25) is 0 Å². The van der Waals surface area contributed by atoms with Gasteiger partial charge in [0.1, 0.15) is 5.60 Å². The first kappa shape index (κ1) is 13.2. The maximum atomic E-state index is 12.4. The molecule has 2 aliphatic rings. The number of nitrogens with two attached hydrogens (primary N) is 1. The number of hydrogen-bond donors (Lipinski definition) is 1. The molecule has 1 amide bonds. The number of nitrogens with zero attached hydrogens (tertiary/aromatic N) is 2. The zero-order chi connectivity index (χ0) is 14.5. The Labute approximate surface area is 119 Å². The van der Waals surface area contributed by atoms with Crippen LogP contribution >= 0.6 is 0 Å². The molecule has 2 bridgehead atoms. The van der Waals surface area contributed by atoms with Gasteiger partial charge in [0, 0.05) is 18.2 Å². The number of aromatic nitrogens is 1. The van der Waals surface area contributed by atoms with Crippen molar-refractivity contribution in [1.82, 2.24) is 9.88 Å². The number of fused-ring (bicyclic) bond motifs is 4. The third kappa shape index (κ3) is 2.21. The SMILES string of the molecule is CC(C)(C)OC(=O)N1[C@H]2CC[C@@H]1c1cc(N)cnc1C2. The molecule has 5 nitrogen and oxygen atoms in total. The van der Waals surface area contributed by atoms with Crippen LogP contribution in [0.4, 0.5) is 10.5 Å². The molecule has 3 heterocycles. The van der Waals surface area contributed by atoms with E-state index in [1.807, 2.05) is 31.7 Å². The summed E-state index contributed by atoms with van der Waals surface area (Å²) in [4.78, 5) is 18.7. The fourth-order valence-corrected chi connectivity index (χ4v) is 3.19. The molecule has 2 atom stereocenters. The van der Waals surface area contributed by atoms with Crippen molar-refractivity contribution in [3.8, 4) is 0 Å². The molecule has 1 fully saturated rings. The van der Waals surface area contributed by atoms with Gasteiger partial charge in [-0.15, -0.1) is 0 Å². The predicted molar refractivity (Wildman–Crippen MR) is 76.2 cm³/mol. The molecule has 0 aromatic carbocycles. The van der Waals surface area contributed by atoms with E-state index in [9.17, 15) is 4.79 Å². The van der Waals surface area contributed by atoms with Crippen LogP contribution < -0.4 is 5.73 Å². The number of hydrogen-bond acceptors (Lipinski definition) is 4. The van der Waals surface area contributed by atoms with Crippen LogP contribution in [0, 0.1) is 0 Å². The van der Waals surface area contributed by atoms with Crippen LogP contribution in [-0.4, -0.2) is 27.6 Å². The standard InChI is InChI=1S/C15H21N3O2/c1-15(2,3)20-14(19)18-10-4-5-13(18)11-6-9(16)8-17-12(11)7-10/h6,8,10,13H,4-5,7,16H2,1-3H3/t10-,13+/m0/s1. The molecule has 1 aromatic heterocycles. The number of carbonyl (C=O) groups excluding carboxylic acids is 1. The van der Waals surface area contributed by atoms with Gasteiger partial charge < -0.3 is 10.5 Å². The molecule has 20 heavy (non-hydrogen) atoms. The van der Waals surface area contributed by atoms with Crippen LogP contribution in [0.1, 0.15) is 50.9 Å². The lowest BCUT2D eigenvalue weighted by atomic mass is 9.98. The molecule has 108 valence electrons. The maximum absolute atomic E-state index is 12.4. The number of carbonyl (C=O) groups is 1. The van der Waals surface area contributed by atoms with E-state index in [0.717, 1.165) is 30.5 Å². The van der Waals surface area contributed by atoms with Crippen molar-refractivity contribution in [2.24, 2.45) is 0 Å². The molecule has 2 N–H and O–H groups in total. The van der Waals surface area contributed by atoms with Crippen LogP contribution in [0.5, 0.6) is 0 Å². The summed E-state index contributed by atoms with van der Waals surface area (Å²) in [6.07, 6.45) is 4.23. The van der Waals surface area contributed by atoms with Crippen molar-refractivity contribution in [2.45, 2.75) is 57.7 Å². The van der Waals surface area contributed by atoms with E-state index in [4.69, 9.17) is 10.5 Å². The van der Waals surface area contributed by atoms with Gasteiger partial charge in [-0.25, -0.2) is 4.79 Å². The molecule has 3 rings (SSSR count). The Balaban J connectivity index is 1.91. The number of pyridine rings is 1. The Kier molecular flexibility index (Phi) is 2.88. The van der Waals surface area contributed by atoms with E-state index in [1.54, 1.807) is 6.20 Å². The quantitative estimate of drug-likeness (QED) is 0.790. The second-order valence-electron chi connectivity index (χ2n) is 6.64. The highest BCUT2D eigenvalue weighted by Gasteiger charge is 2.44. The van der Waals surface area contributed by atoms with E-state index in [2.05, 4.69) is 4.98 Å². The second-order valence-corrected chi connectivity index (χ2v) is 6.64. The minimum Gasteiger partial charge on any atom is -0.444 e. The van der Waals surface area contributed by atoms with Crippen molar-refractivity contribution < 1.29 is 9.53 Å². The molecule has 2 aliphatic heterocycles. The van der Waals surface area contributed by atoms with Crippen LogP contribution in [0.15, 0.2) is 12.3 Å². The lowest BCUT2D eigenvalue weighted by molar-refractivity contribution is 0.0123. The van der Waals surface area contributed by atoms with E-state index in [0.29, 0.717) is 5.69 Å². The Morgan fingerprint density at radius 2 is 2.20 bits per heavy atom. The molecule has 1 saturated heterocycles. The van der Waals surface area contributed by atoms with Gasteiger partial charge in [0.15, 0.2) is 0 Å². The fourth-order valence-electron chi connectivity index (χ4n) is 3.19. The molecule has 0 saturated carbocycles. The largest absolute Gasteiger partial charge is 0.444 e. The van der Waals surface area contributed by atoms with Crippen molar-refractivity contribution in [3.05, 3.63) is 23.5 Å². The fraction of sp³-hybridized carbons (Fsp3) is 0.600. The summed E-state index contributed by atoms with van der Waals surface area (Å²) in [6.45, 7) is 5.68. The van der Waals surface area contributed by atoms with Gasteiger partial charge >= 0.3 is 6.09 Å². The van der Waals surface area contributed by atoms with Crippen LogP contribution in [-0.2, 0) is 11.2 Å². The van der Waals surface area contributed by atoms with E-state index in [1.165, 1.54) is 0 Å². The highest BCUT2D eigenvalue weighted by molar-refractivity contribution is 5.70. The third-order valence-electron chi connectivity index (χ3n) is 3.92. The summed E-state index contributed by atoms with van der Waals surface area (Å²) in [5.41, 5.74) is 8.19. The van der Waals surface area contributed by atoms with Gasteiger partial charge in [-0.05, 0) is 45.2 Å². The van der Waals surface area contributed by atoms with Crippen molar-refractivity contribution in [2.75, 3.05) is 5.73 Å². The Morgan fingerprint density at radius 1 is 1.45 bits per heavy atom. The summed E-state index contributed by atoms with van der Waals surface area (Å²) in [6, 6.07) is 2.22. The van der Waals surface area contributed by atoms with Crippen LogP contribution in [0.3, 0.4) is 0 Å². The summed E-state index contributed by atoms with van der Waals surface area (Å²) in [5, 5.41) is 0. The first-order chi connectivity index (χ1) is 9.35. The van der Waals surface area contributed by atoms with Crippen molar-refractivity contribution >= 4 is 11.8 Å². The first-order valence-corrected chi connectivity index (χ1v) is 7.11. The smallest absolute Gasteiger partial charge is 0.411 e. The molecule has 0 unspecified atom stereocenters. The number of ether oxygens (including phenoxy) is 1. The predicted octanol–water partition coefficient (Wildman–Crippen LogP) is 2.66. The monoisotopic (exact) mass is 275 g/mol. The third-order valence-corrected chi connectivity index (χ3v) is 3.92. The molecule has 5 heteroatoms. The molecule has 0 radical (unpaired) electrons. The average Bonchev–Trinajstić information content (AvgIpc) is 2.65. The van der Waals surface area contributed by atoms with E-state index >= 15 is 0 Å². The topological polar surface area (TPSA) is 68.5 Å². The molecule has 1 aromatic rings. The van der Waals surface area contributed by atoms with Crippen LogP contribution in [0.2, 0.25) is 0 Å². The maximum Gasteiger partial charge on any atom is 0.411 e. The Bertz CT molecular complexity index is 551. The van der Waals surface area contributed by atoms with Crippen molar-refractivity contribution in [1.29, 1.82) is 0 Å². The highest BCUT2D eigenvalue weighted by atomic mass is 16.6. The number of nitrogen functional groups attached to an aromatic ring is 1. The van der Waals surface area contributed by atoms with Crippen LogP contribution in [0.25, 0.3) is 0 Å². The van der Waals surface area contributed by atoms with Gasteiger partial charge in [0.25, 0.3) is 0 Å². The second kappa shape index (κ2) is 4.36. The number of anilines is 1. The van der Waals surface area contributed by atoms with E-state index in [-0.39, 0.29) is 18.2 Å². The molecule has 0 aliphatic carbocycles. The normalized spacial score (nSPS) is 24.4. The lowest BCUT2D eigenvalue weighted by Crippen LogP contribution is -2.44. The summed E-state index contributed by atoms with van der Waals surface area (Å²) in [5.74, 6) is 0. The molecular formula is C15H21N3O2. The number of amides is 1. The minimum atomic E-state index is -0.467. The van der Waals surface area contributed by atoms with Gasteiger partial charge in [-0.1, -0.05) is 0 Å². The average molecular weight is 275 g/mol.